The number of hydrogen-bond donors (Lipinski definition) is 3. The van der Waals surface area contributed by atoms with Crippen LogP contribution in [-0.4, -0.2) is 38.6 Å². The molecule has 1 aliphatic rings. The molecule has 2 aromatic carbocycles. The molecule has 0 saturated heterocycles. The van der Waals surface area contributed by atoms with Crippen molar-refractivity contribution in [1.29, 1.82) is 0 Å². The van der Waals surface area contributed by atoms with Gasteiger partial charge in [0.1, 0.15) is 11.6 Å². The molecule has 1 aromatic heterocycles. The van der Waals surface area contributed by atoms with Gasteiger partial charge in [0.05, 0.1) is 24.3 Å². The highest BCUT2D eigenvalue weighted by Crippen LogP contribution is 2.19. The number of aromatic nitrogens is 1. The van der Waals surface area contributed by atoms with E-state index in [4.69, 9.17) is 0 Å². The summed E-state index contributed by atoms with van der Waals surface area (Å²) in [6.07, 6.45) is 3.44. The molecule has 3 aromatic rings. The standard InChI is InChI=1S/C28H26F2N2O5/c29-20-10-8-17(9-11-20)12-18-13-21(28(37)32(15-18)16-19-4-1-2-5-22(19)30)25(34)14-26(35)27(36)31-23-6-3-7-24(23)33/h1-2,4-5,8-11,13-15,23-24,33,35H,3,6-7,12,16H2,(H,31,36). The quantitative estimate of drug-likeness (QED) is 0.246. The molecule has 1 saturated carbocycles. The molecule has 37 heavy (non-hydrogen) atoms. The fraction of sp³-hybridized carbons (Fsp3) is 0.250. The molecule has 1 heterocycles. The number of ketones is 1. The van der Waals surface area contributed by atoms with Crippen LogP contribution in [0.15, 0.2) is 77.4 Å². The second-order valence-corrected chi connectivity index (χ2v) is 9.06. The maximum atomic E-state index is 14.3. The number of pyridine rings is 1. The molecule has 1 amide bonds. The lowest BCUT2D eigenvalue weighted by atomic mass is 10.0. The third kappa shape index (κ3) is 6.37. The minimum Gasteiger partial charge on any atom is -0.503 e. The van der Waals surface area contributed by atoms with Crippen molar-refractivity contribution in [3.8, 4) is 0 Å². The van der Waals surface area contributed by atoms with Crippen LogP contribution in [0.3, 0.4) is 0 Å². The number of aliphatic hydroxyl groups is 2. The minimum absolute atomic E-state index is 0.154. The van der Waals surface area contributed by atoms with Gasteiger partial charge in [-0.3, -0.25) is 14.4 Å². The Kier molecular flexibility index (Phi) is 7.93. The van der Waals surface area contributed by atoms with Gasteiger partial charge in [-0.15, -0.1) is 0 Å². The van der Waals surface area contributed by atoms with Crippen molar-refractivity contribution in [3.05, 3.63) is 117 Å². The van der Waals surface area contributed by atoms with Crippen LogP contribution < -0.4 is 10.9 Å². The highest BCUT2D eigenvalue weighted by atomic mass is 19.1. The molecule has 192 valence electrons. The number of amides is 1. The van der Waals surface area contributed by atoms with E-state index < -0.39 is 46.8 Å². The van der Waals surface area contributed by atoms with Crippen molar-refractivity contribution in [2.75, 3.05) is 0 Å². The molecule has 2 atom stereocenters. The Bertz CT molecular complexity index is 1400. The van der Waals surface area contributed by atoms with Crippen molar-refractivity contribution in [2.24, 2.45) is 0 Å². The number of hydrogen-bond acceptors (Lipinski definition) is 5. The Morgan fingerprint density at radius 3 is 2.46 bits per heavy atom. The molecule has 0 spiro atoms. The first kappa shape index (κ1) is 26.0. The van der Waals surface area contributed by atoms with Gasteiger partial charge < -0.3 is 20.1 Å². The van der Waals surface area contributed by atoms with Crippen LogP contribution in [0.2, 0.25) is 0 Å². The highest BCUT2D eigenvalue weighted by Gasteiger charge is 2.28. The van der Waals surface area contributed by atoms with E-state index in [0.29, 0.717) is 30.0 Å². The van der Waals surface area contributed by atoms with Crippen LogP contribution in [0.5, 0.6) is 0 Å². The van der Waals surface area contributed by atoms with Gasteiger partial charge in [-0.05, 0) is 61.1 Å². The first-order valence-electron chi connectivity index (χ1n) is 11.9. The van der Waals surface area contributed by atoms with Crippen molar-refractivity contribution in [3.63, 3.8) is 0 Å². The number of rotatable bonds is 8. The van der Waals surface area contributed by atoms with E-state index in [1.54, 1.807) is 18.2 Å². The van der Waals surface area contributed by atoms with Crippen LogP contribution in [0, 0.1) is 11.6 Å². The molecule has 2 unspecified atom stereocenters. The Hall–Kier alpha value is -4.11. The summed E-state index contributed by atoms with van der Waals surface area (Å²) in [6.45, 7) is -0.154. The lowest BCUT2D eigenvalue weighted by Gasteiger charge is -2.15. The summed E-state index contributed by atoms with van der Waals surface area (Å²) in [5.41, 5.74) is 0.402. The van der Waals surface area contributed by atoms with E-state index in [1.165, 1.54) is 47.2 Å². The molecule has 7 nitrogen and oxygen atoms in total. The van der Waals surface area contributed by atoms with E-state index >= 15 is 0 Å². The van der Waals surface area contributed by atoms with E-state index in [2.05, 4.69) is 5.32 Å². The number of benzene rings is 2. The number of carbonyl (C=O) groups excluding carboxylic acids is 2. The molecule has 0 radical (unpaired) electrons. The molecule has 4 rings (SSSR count). The molecule has 1 aliphatic carbocycles. The summed E-state index contributed by atoms with van der Waals surface area (Å²) in [4.78, 5) is 38.5. The molecule has 9 heteroatoms. The summed E-state index contributed by atoms with van der Waals surface area (Å²) < 4.78 is 28.8. The first-order chi connectivity index (χ1) is 17.7. The maximum absolute atomic E-state index is 14.3. The van der Waals surface area contributed by atoms with Gasteiger partial charge in [0, 0.05) is 17.8 Å². The predicted octanol–water partition coefficient (Wildman–Crippen LogP) is 3.42. The third-order valence-electron chi connectivity index (χ3n) is 6.32. The Morgan fingerprint density at radius 1 is 1.05 bits per heavy atom. The van der Waals surface area contributed by atoms with Gasteiger partial charge >= 0.3 is 0 Å². The van der Waals surface area contributed by atoms with Gasteiger partial charge in [0.25, 0.3) is 11.5 Å². The molecular formula is C28H26F2N2O5. The second-order valence-electron chi connectivity index (χ2n) is 9.06. The first-order valence-corrected chi connectivity index (χ1v) is 11.9. The van der Waals surface area contributed by atoms with Crippen LogP contribution in [0.1, 0.15) is 46.3 Å². The topological polar surface area (TPSA) is 109 Å². The lowest BCUT2D eigenvalue weighted by Crippen LogP contribution is -2.40. The SMILES string of the molecule is O=C(NC1CCCC1O)C(O)=CC(=O)c1cc(Cc2ccc(F)cc2)cn(Cc2ccccc2F)c1=O. The maximum Gasteiger partial charge on any atom is 0.286 e. The van der Waals surface area contributed by atoms with Gasteiger partial charge in [-0.1, -0.05) is 30.3 Å². The zero-order valence-corrected chi connectivity index (χ0v) is 19.9. The number of carbonyl (C=O) groups is 2. The smallest absolute Gasteiger partial charge is 0.286 e. The van der Waals surface area contributed by atoms with Gasteiger partial charge in [0.2, 0.25) is 0 Å². The number of nitrogens with one attached hydrogen (secondary N) is 1. The largest absolute Gasteiger partial charge is 0.503 e. The van der Waals surface area contributed by atoms with E-state index in [-0.39, 0.29) is 24.1 Å². The van der Waals surface area contributed by atoms with Gasteiger partial charge in [-0.25, -0.2) is 8.78 Å². The van der Waals surface area contributed by atoms with Crippen molar-refractivity contribution >= 4 is 11.7 Å². The summed E-state index contributed by atoms with van der Waals surface area (Å²) in [5, 5.41) is 22.6. The average molecular weight is 509 g/mol. The predicted molar refractivity (Wildman–Crippen MR) is 132 cm³/mol. The number of aliphatic hydroxyl groups excluding tert-OH is 2. The summed E-state index contributed by atoms with van der Waals surface area (Å²) in [7, 11) is 0. The van der Waals surface area contributed by atoms with E-state index in [9.17, 15) is 33.4 Å². The van der Waals surface area contributed by atoms with Crippen molar-refractivity contribution in [2.45, 2.75) is 44.4 Å². The van der Waals surface area contributed by atoms with Gasteiger partial charge in [-0.2, -0.15) is 0 Å². The number of halogens is 2. The van der Waals surface area contributed by atoms with Crippen molar-refractivity contribution < 1.29 is 28.6 Å². The molecule has 0 bridgehead atoms. The molecule has 1 fully saturated rings. The molecule has 0 aliphatic heterocycles. The average Bonchev–Trinajstić information content (AvgIpc) is 3.27. The Morgan fingerprint density at radius 2 is 1.78 bits per heavy atom. The number of nitrogens with zero attached hydrogens (tertiary/aromatic N) is 1. The Balaban J connectivity index is 1.66. The third-order valence-corrected chi connectivity index (χ3v) is 6.32. The summed E-state index contributed by atoms with van der Waals surface area (Å²) in [6, 6.07) is 12.4. The van der Waals surface area contributed by atoms with Crippen LogP contribution in [0.25, 0.3) is 0 Å². The fourth-order valence-corrected chi connectivity index (χ4v) is 4.36. The summed E-state index contributed by atoms with van der Waals surface area (Å²) >= 11 is 0. The van der Waals surface area contributed by atoms with E-state index in [0.717, 1.165) is 6.42 Å². The van der Waals surface area contributed by atoms with Crippen LogP contribution in [0.4, 0.5) is 8.78 Å². The van der Waals surface area contributed by atoms with Crippen LogP contribution >= 0.6 is 0 Å². The Labute approximate surface area is 211 Å². The lowest BCUT2D eigenvalue weighted by molar-refractivity contribution is -0.121. The van der Waals surface area contributed by atoms with Gasteiger partial charge in [0.15, 0.2) is 11.5 Å². The summed E-state index contributed by atoms with van der Waals surface area (Å²) in [5.74, 6) is -3.67. The van der Waals surface area contributed by atoms with Crippen molar-refractivity contribution in [1.82, 2.24) is 9.88 Å². The monoisotopic (exact) mass is 508 g/mol. The second kappa shape index (κ2) is 11.3. The fourth-order valence-electron chi connectivity index (χ4n) is 4.36. The van der Waals surface area contributed by atoms with Crippen LogP contribution in [-0.2, 0) is 17.8 Å². The zero-order chi connectivity index (χ0) is 26.5. The molecular weight excluding hydrogens is 482 g/mol. The normalized spacial score (nSPS) is 17.5. The molecule has 3 N–H and O–H groups in total. The zero-order valence-electron chi connectivity index (χ0n) is 19.9. The highest BCUT2D eigenvalue weighted by molar-refractivity contribution is 6.08. The number of allylic oxidation sites excluding steroid dienone is 1. The minimum atomic E-state index is -0.937. The van der Waals surface area contributed by atoms with E-state index in [1.807, 2.05) is 0 Å².